The van der Waals surface area contributed by atoms with Crippen LogP contribution in [0.25, 0.3) is 0 Å². The van der Waals surface area contributed by atoms with Gasteiger partial charge in [0.15, 0.2) is 0 Å². The molecule has 3 heteroatoms. The lowest BCUT2D eigenvalue weighted by Crippen LogP contribution is -2.22. The maximum absolute atomic E-state index is 10.4. The van der Waals surface area contributed by atoms with Crippen molar-refractivity contribution in [2.45, 2.75) is 20.3 Å². The lowest BCUT2D eigenvalue weighted by Gasteiger charge is -2.14. The van der Waals surface area contributed by atoms with Gasteiger partial charge in [0, 0.05) is 19.2 Å². The van der Waals surface area contributed by atoms with Crippen LogP contribution in [0.3, 0.4) is 0 Å². The largest absolute Gasteiger partial charge is 0.478 e. The average molecular weight is 183 g/mol. The van der Waals surface area contributed by atoms with E-state index in [4.69, 9.17) is 5.11 Å². The smallest absolute Gasteiger partial charge is 0.328 e. The molecule has 74 valence electrons. The summed E-state index contributed by atoms with van der Waals surface area (Å²) in [5.74, 6) is -0.0811. The Labute approximate surface area is 79.0 Å². The van der Waals surface area contributed by atoms with Crippen LogP contribution in [0, 0.1) is 5.92 Å². The summed E-state index contributed by atoms with van der Waals surface area (Å²) in [6.07, 6.45) is 2.53. The molecule has 0 aliphatic carbocycles. The molecule has 0 aromatic heterocycles. The summed E-state index contributed by atoms with van der Waals surface area (Å²) < 4.78 is 0. The number of hydrogen-bond donors (Lipinski definition) is 1. The first-order valence-electron chi connectivity index (χ1n) is 4.70. The Bertz CT molecular complexity index is 223. The quantitative estimate of drug-likeness (QED) is 0.672. The van der Waals surface area contributed by atoms with Gasteiger partial charge >= 0.3 is 5.97 Å². The van der Waals surface area contributed by atoms with Crippen LogP contribution in [0.4, 0.5) is 0 Å². The molecule has 0 amide bonds. The molecule has 1 unspecified atom stereocenters. The van der Waals surface area contributed by atoms with Crippen LogP contribution >= 0.6 is 0 Å². The second kappa shape index (κ2) is 4.42. The van der Waals surface area contributed by atoms with E-state index < -0.39 is 5.97 Å². The summed E-state index contributed by atoms with van der Waals surface area (Å²) >= 11 is 0. The van der Waals surface area contributed by atoms with E-state index in [0.717, 1.165) is 31.1 Å². The van der Waals surface area contributed by atoms with E-state index in [0.29, 0.717) is 0 Å². The van der Waals surface area contributed by atoms with Gasteiger partial charge in [-0.15, -0.1) is 0 Å². The van der Waals surface area contributed by atoms with E-state index in [9.17, 15) is 4.79 Å². The minimum Gasteiger partial charge on any atom is -0.478 e. The minimum atomic E-state index is -0.843. The normalized spacial score (nSPS) is 25.1. The third kappa shape index (κ3) is 3.59. The predicted molar refractivity (Wildman–Crippen MR) is 51.6 cm³/mol. The first-order chi connectivity index (χ1) is 6.08. The zero-order valence-electron chi connectivity index (χ0n) is 8.29. The molecule has 0 aromatic rings. The molecular formula is C10H17NO2. The Morgan fingerprint density at radius 1 is 1.69 bits per heavy atom. The molecule has 0 bridgehead atoms. The third-order valence-electron chi connectivity index (χ3n) is 2.35. The minimum absolute atomic E-state index is 0.762. The van der Waals surface area contributed by atoms with E-state index in [1.54, 1.807) is 0 Å². The number of likely N-dealkylation sites (tertiary alicyclic amines) is 1. The van der Waals surface area contributed by atoms with Gasteiger partial charge in [0.1, 0.15) is 0 Å². The van der Waals surface area contributed by atoms with E-state index in [2.05, 4.69) is 11.8 Å². The fraction of sp³-hybridized carbons (Fsp3) is 0.700. The van der Waals surface area contributed by atoms with Crippen LogP contribution in [0.1, 0.15) is 20.3 Å². The molecule has 0 radical (unpaired) electrons. The van der Waals surface area contributed by atoms with E-state index in [1.807, 2.05) is 6.92 Å². The SMILES string of the molecule is C/C(=C\C(=O)O)CN1CCC(C)C1. The van der Waals surface area contributed by atoms with Crippen LogP contribution in [0.15, 0.2) is 11.6 Å². The van der Waals surface area contributed by atoms with Crippen molar-refractivity contribution in [3.63, 3.8) is 0 Å². The van der Waals surface area contributed by atoms with Crippen LogP contribution in [0.2, 0.25) is 0 Å². The van der Waals surface area contributed by atoms with E-state index in [-0.39, 0.29) is 0 Å². The Morgan fingerprint density at radius 3 is 2.85 bits per heavy atom. The van der Waals surface area contributed by atoms with Crippen molar-refractivity contribution in [3.8, 4) is 0 Å². The number of aliphatic carboxylic acids is 1. The fourth-order valence-electron chi connectivity index (χ4n) is 1.78. The van der Waals surface area contributed by atoms with Gasteiger partial charge in [0.2, 0.25) is 0 Å². The Hall–Kier alpha value is -0.830. The standard InChI is InChI=1S/C10H17NO2/c1-8-3-4-11(6-8)7-9(2)5-10(12)13/h5,8H,3-4,6-7H2,1-2H3,(H,12,13)/b9-5+. The Balaban J connectivity index is 2.36. The predicted octanol–water partition coefficient (Wildman–Crippen LogP) is 1.36. The average Bonchev–Trinajstić information content (AvgIpc) is 2.33. The molecular weight excluding hydrogens is 166 g/mol. The molecule has 1 heterocycles. The van der Waals surface area contributed by atoms with Crippen molar-refractivity contribution in [2.24, 2.45) is 5.92 Å². The topological polar surface area (TPSA) is 40.5 Å². The van der Waals surface area contributed by atoms with Gasteiger partial charge in [0.25, 0.3) is 0 Å². The third-order valence-corrected chi connectivity index (χ3v) is 2.35. The van der Waals surface area contributed by atoms with Crippen molar-refractivity contribution in [1.29, 1.82) is 0 Å². The highest BCUT2D eigenvalue weighted by atomic mass is 16.4. The highest BCUT2D eigenvalue weighted by molar-refractivity contribution is 5.80. The van der Waals surface area contributed by atoms with E-state index in [1.165, 1.54) is 12.5 Å². The van der Waals surface area contributed by atoms with Crippen molar-refractivity contribution in [2.75, 3.05) is 19.6 Å². The molecule has 0 aromatic carbocycles. The summed E-state index contributed by atoms with van der Waals surface area (Å²) in [7, 11) is 0. The molecule has 1 aliphatic heterocycles. The fourth-order valence-corrected chi connectivity index (χ4v) is 1.78. The number of rotatable bonds is 3. The molecule has 1 N–H and O–H groups in total. The molecule has 0 saturated carbocycles. The lowest BCUT2D eigenvalue weighted by atomic mass is 10.2. The Morgan fingerprint density at radius 2 is 2.38 bits per heavy atom. The first-order valence-corrected chi connectivity index (χ1v) is 4.70. The molecule has 13 heavy (non-hydrogen) atoms. The van der Waals surface area contributed by atoms with Crippen molar-refractivity contribution >= 4 is 5.97 Å². The highest BCUT2D eigenvalue weighted by Crippen LogP contribution is 2.15. The summed E-state index contributed by atoms with van der Waals surface area (Å²) in [4.78, 5) is 12.7. The van der Waals surface area contributed by atoms with Crippen molar-refractivity contribution in [3.05, 3.63) is 11.6 Å². The molecule has 1 rings (SSSR count). The van der Waals surface area contributed by atoms with Crippen molar-refractivity contribution in [1.82, 2.24) is 4.90 Å². The van der Waals surface area contributed by atoms with Gasteiger partial charge in [-0.05, 0) is 25.8 Å². The highest BCUT2D eigenvalue weighted by Gasteiger charge is 2.18. The molecule has 1 saturated heterocycles. The van der Waals surface area contributed by atoms with Crippen LogP contribution in [-0.4, -0.2) is 35.6 Å². The van der Waals surface area contributed by atoms with Crippen LogP contribution in [-0.2, 0) is 4.79 Å². The van der Waals surface area contributed by atoms with Crippen LogP contribution < -0.4 is 0 Å². The Kier molecular flexibility index (Phi) is 3.48. The van der Waals surface area contributed by atoms with Crippen molar-refractivity contribution < 1.29 is 9.90 Å². The first kappa shape index (κ1) is 10.3. The number of carboxylic acids is 1. The van der Waals surface area contributed by atoms with Gasteiger partial charge < -0.3 is 5.11 Å². The number of carbonyl (C=O) groups is 1. The second-order valence-corrected chi connectivity index (χ2v) is 3.96. The summed E-state index contributed by atoms with van der Waals surface area (Å²) in [5, 5.41) is 8.51. The zero-order valence-corrected chi connectivity index (χ0v) is 8.29. The summed E-state index contributed by atoms with van der Waals surface area (Å²) in [6.45, 7) is 7.11. The molecule has 1 atom stereocenters. The van der Waals surface area contributed by atoms with Crippen LogP contribution in [0.5, 0.6) is 0 Å². The van der Waals surface area contributed by atoms with Gasteiger partial charge in [-0.2, -0.15) is 0 Å². The monoisotopic (exact) mass is 183 g/mol. The molecule has 3 nitrogen and oxygen atoms in total. The summed E-state index contributed by atoms with van der Waals surface area (Å²) in [5.41, 5.74) is 0.932. The van der Waals surface area contributed by atoms with E-state index >= 15 is 0 Å². The lowest BCUT2D eigenvalue weighted by molar-refractivity contribution is -0.131. The maximum Gasteiger partial charge on any atom is 0.328 e. The van der Waals surface area contributed by atoms with Gasteiger partial charge in [-0.25, -0.2) is 4.79 Å². The molecule has 1 fully saturated rings. The van der Waals surface area contributed by atoms with Gasteiger partial charge in [-0.3, -0.25) is 4.90 Å². The maximum atomic E-state index is 10.4. The number of nitrogens with zero attached hydrogens (tertiary/aromatic N) is 1. The van der Waals surface area contributed by atoms with Gasteiger partial charge in [-0.1, -0.05) is 12.5 Å². The molecule has 1 aliphatic rings. The second-order valence-electron chi connectivity index (χ2n) is 3.96. The number of carboxylic acid groups (broad SMARTS) is 1. The zero-order chi connectivity index (χ0) is 9.84. The number of hydrogen-bond acceptors (Lipinski definition) is 2. The van der Waals surface area contributed by atoms with Gasteiger partial charge in [0.05, 0.1) is 0 Å². The summed E-state index contributed by atoms with van der Waals surface area (Å²) in [6, 6.07) is 0. The molecule has 0 spiro atoms.